The average Bonchev–Trinajstić information content (AvgIpc) is 2.47. The molecule has 0 unspecified atom stereocenters. The predicted octanol–water partition coefficient (Wildman–Crippen LogP) is 3.05. The van der Waals surface area contributed by atoms with Crippen LogP contribution < -0.4 is 10.6 Å². The van der Waals surface area contributed by atoms with Crippen LogP contribution in [0.15, 0.2) is 0 Å². The molecule has 0 aromatic rings. The van der Waals surface area contributed by atoms with Crippen LogP contribution in [0, 0.1) is 17.3 Å². The molecular formula is C17H32N2O2. The lowest BCUT2D eigenvalue weighted by Gasteiger charge is -2.34. The van der Waals surface area contributed by atoms with Crippen molar-refractivity contribution in [1.82, 2.24) is 10.6 Å². The highest BCUT2D eigenvalue weighted by molar-refractivity contribution is 5.74. The Labute approximate surface area is 129 Å². The molecule has 2 amide bonds. The van der Waals surface area contributed by atoms with E-state index >= 15 is 0 Å². The van der Waals surface area contributed by atoms with Gasteiger partial charge in [-0.2, -0.15) is 0 Å². The van der Waals surface area contributed by atoms with Crippen LogP contribution in [0.25, 0.3) is 0 Å². The first kappa shape index (κ1) is 16.6. The number of amides is 2. The van der Waals surface area contributed by atoms with Crippen LogP contribution in [-0.4, -0.2) is 30.3 Å². The normalized spacial score (nSPS) is 29.9. The fourth-order valence-electron chi connectivity index (χ4n) is 3.63. The number of aliphatic hydroxyl groups excluding tert-OH is 1. The first-order chi connectivity index (χ1) is 9.98. The van der Waals surface area contributed by atoms with Crippen LogP contribution in [0.1, 0.15) is 65.2 Å². The summed E-state index contributed by atoms with van der Waals surface area (Å²) in [7, 11) is 0. The summed E-state index contributed by atoms with van der Waals surface area (Å²) in [6.45, 7) is 5.78. The Hall–Kier alpha value is -0.770. The summed E-state index contributed by atoms with van der Waals surface area (Å²) < 4.78 is 0. The second-order valence-electron chi connectivity index (χ2n) is 7.86. The molecule has 0 spiro atoms. The molecule has 0 bridgehead atoms. The standard InChI is InChI=1S/C17H32N2O2/c1-17(2)9-7-13(8-10-17)11-18-16(21)19-15-5-3-14(12-20)4-6-15/h13-15,20H,3-12H2,1-2H3,(H2,18,19,21). The van der Waals surface area contributed by atoms with Gasteiger partial charge in [-0.3, -0.25) is 0 Å². The Morgan fingerprint density at radius 1 is 1.05 bits per heavy atom. The van der Waals surface area contributed by atoms with Gasteiger partial charge < -0.3 is 15.7 Å². The maximum atomic E-state index is 12.0. The Morgan fingerprint density at radius 2 is 1.67 bits per heavy atom. The van der Waals surface area contributed by atoms with E-state index in [0.717, 1.165) is 32.2 Å². The topological polar surface area (TPSA) is 61.4 Å². The van der Waals surface area contributed by atoms with Crippen molar-refractivity contribution in [3.05, 3.63) is 0 Å². The van der Waals surface area contributed by atoms with E-state index in [0.29, 0.717) is 17.3 Å². The third-order valence-corrected chi connectivity index (χ3v) is 5.45. The molecule has 0 aromatic carbocycles. The van der Waals surface area contributed by atoms with Gasteiger partial charge in [0.25, 0.3) is 0 Å². The summed E-state index contributed by atoms with van der Waals surface area (Å²) in [6.07, 6.45) is 9.05. The van der Waals surface area contributed by atoms with E-state index in [2.05, 4.69) is 24.5 Å². The number of carbonyl (C=O) groups is 1. The average molecular weight is 296 g/mol. The van der Waals surface area contributed by atoms with Gasteiger partial charge in [-0.1, -0.05) is 13.8 Å². The Balaban J connectivity index is 1.60. The summed E-state index contributed by atoms with van der Waals surface area (Å²) in [5.41, 5.74) is 0.490. The van der Waals surface area contributed by atoms with Gasteiger partial charge in [0.1, 0.15) is 0 Å². The second-order valence-corrected chi connectivity index (χ2v) is 7.86. The molecule has 0 aromatic heterocycles. The van der Waals surface area contributed by atoms with Gasteiger partial charge in [-0.05, 0) is 68.6 Å². The third kappa shape index (κ3) is 5.50. The monoisotopic (exact) mass is 296 g/mol. The van der Waals surface area contributed by atoms with Gasteiger partial charge in [0.15, 0.2) is 0 Å². The van der Waals surface area contributed by atoms with E-state index in [1.807, 2.05) is 0 Å². The summed E-state index contributed by atoms with van der Waals surface area (Å²) >= 11 is 0. The molecule has 0 atom stereocenters. The summed E-state index contributed by atoms with van der Waals surface area (Å²) in [6, 6.07) is 0.283. The first-order valence-corrected chi connectivity index (χ1v) is 8.64. The lowest BCUT2D eigenvalue weighted by molar-refractivity contribution is 0.172. The van der Waals surface area contributed by atoms with E-state index in [4.69, 9.17) is 5.11 Å². The van der Waals surface area contributed by atoms with Crippen LogP contribution in [0.4, 0.5) is 4.79 Å². The maximum Gasteiger partial charge on any atom is 0.315 e. The van der Waals surface area contributed by atoms with E-state index in [9.17, 15) is 4.79 Å². The lowest BCUT2D eigenvalue weighted by Crippen LogP contribution is -2.45. The highest BCUT2D eigenvalue weighted by Crippen LogP contribution is 2.37. The Morgan fingerprint density at radius 3 is 2.24 bits per heavy atom. The van der Waals surface area contributed by atoms with Crippen molar-refractivity contribution in [1.29, 1.82) is 0 Å². The van der Waals surface area contributed by atoms with Crippen molar-refractivity contribution in [3.8, 4) is 0 Å². The van der Waals surface area contributed by atoms with Crippen LogP contribution in [-0.2, 0) is 0 Å². The minimum Gasteiger partial charge on any atom is -0.396 e. The van der Waals surface area contributed by atoms with Gasteiger partial charge in [0.05, 0.1) is 0 Å². The number of aliphatic hydroxyl groups is 1. The molecule has 4 heteroatoms. The van der Waals surface area contributed by atoms with E-state index in [1.165, 1.54) is 25.7 Å². The van der Waals surface area contributed by atoms with Crippen molar-refractivity contribution >= 4 is 6.03 Å². The number of hydrogen-bond donors (Lipinski definition) is 3. The van der Waals surface area contributed by atoms with Gasteiger partial charge >= 0.3 is 6.03 Å². The van der Waals surface area contributed by atoms with Gasteiger partial charge in [0.2, 0.25) is 0 Å². The van der Waals surface area contributed by atoms with E-state index < -0.39 is 0 Å². The molecule has 3 N–H and O–H groups in total. The summed E-state index contributed by atoms with van der Waals surface area (Å²) in [4.78, 5) is 12.0. The molecule has 0 heterocycles. The molecular weight excluding hydrogens is 264 g/mol. The molecule has 2 aliphatic rings. The summed E-state index contributed by atoms with van der Waals surface area (Å²) in [5.74, 6) is 1.09. The molecule has 21 heavy (non-hydrogen) atoms. The van der Waals surface area contributed by atoms with Crippen molar-refractivity contribution in [2.45, 2.75) is 71.3 Å². The molecule has 0 saturated heterocycles. The van der Waals surface area contributed by atoms with Crippen molar-refractivity contribution < 1.29 is 9.90 Å². The third-order valence-electron chi connectivity index (χ3n) is 5.45. The van der Waals surface area contributed by atoms with Crippen molar-refractivity contribution in [2.24, 2.45) is 17.3 Å². The second kappa shape index (κ2) is 7.48. The number of hydrogen-bond acceptors (Lipinski definition) is 2. The fourth-order valence-corrected chi connectivity index (χ4v) is 3.63. The highest BCUT2D eigenvalue weighted by Gasteiger charge is 2.27. The maximum absolute atomic E-state index is 12.0. The fraction of sp³-hybridized carbons (Fsp3) is 0.941. The van der Waals surface area contributed by atoms with Gasteiger partial charge in [0, 0.05) is 19.2 Å². The van der Waals surface area contributed by atoms with E-state index in [1.54, 1.807) is 0 Å². The molecule has 0 aliphatic heterocycles. The SMILES string of the molecule is CC1(C)CCC(CNC(=O)NC2CCC(CO)CC2)CC1. The Kier molecular flexibility index (Phi) is 5.91. The molecule has 2 aliphatic carbocycles. The molecule has 4 nitrogen and oxygen atoms in total. The predicted molar refractivity (Wildman–Crippen MR) is 85.1 cm³/mol. The molecule has 2 fully saturated rings. The van der Waals surface area contributed by atoms with Crippen LogP contribution in [0.2, 0.25) is 0 Å². The van der Waals surface area contributed by atoms with Gasteiger partial charge in [-0.15, -0.1) is 0 Å². The minimum absolute atomic E-state index is 0.00715. The number of rotatable bonds is 4. The van der Waals surface area contributed by atoms with Gasteiger partial charge in [-0.25, -0.2) is 4.79 Å². The van der Waals surface area contributed by atoms with Crippen molar-refractivity contribution in [3.63, 3.8) is 0 Å². The number of nitrogens with one attached hydrogen (secondary N) is 2. The largest absolute Gasteiger partial charge is 0.396 e. The van der Waals surface area contributed by atoms with Crippen molar-refractivity contribution in [2.75, 3.05) is 13.2 Å². The zero-order chi connectivity index (χ0) is 15.3. The molecule has 0 radical (unpaired) electrons. The molecule has 2 rings (SSSR count). The number of carbonyl (C=O) groups excluding carboxylic acids is 1. The smallest absolute Gasteiger partial charge is 0.315 e. The van der Waals surface area contributed by atoms with Crippen LogP contribution in [0.5, 0.6) is 0 Å². The zero-order valence-electron chi connectivity index (χ0n) is 13.7. The number of urea groups is 1. The Bertz CT molecular complexity index is 326. The highest BCUT2D eigenvalue weighted by atomic mass is 16.3. The first-order valence-electron chi connectivity index (χ1n) is 8.64. The lowest BCUT2D eigenvalue weighted by atomic mass is 9.73. The van der Waals surface area contributed by atoms with Crippen LogP contribution >= 0.6 is 0 Å². The molecule has 122 valence electrons. The summed E-state index contributed by atoms with van der Waals surface area (Å²) in [5, 5.41) is 15.3. The quantitative estimate of drug-likeness (QED) is 0.746. The minimum atomic E-state index is -0.00715. The zero-order valence-corrected chi connectivity index (χ0v) is 13.7. The molecule has 2 saturated carbocycles. The van der Waals surface area contributed by atoms with E-state index in [-0.39, 0.29) is 18.7 Å². The van der Waals surface area contributed by atoms with Crippen LogP contribution in [0.3, 0.4) is 0 Å².